The molecule has 106 valence electrons. The van der Waals surface area contributed by atoms with Gasteiger partial charge in [-0.3, -0.25) is 4.79 Å². The van der Waals surface area contributed by atoms with Gasteiger partial charge in [-0.15, -0.1) is 11.3 Å². The minimum atomic E-state index is 0.131. The molecule has 1 aromatic rings. The molecule has 1 aliphatic rings. The second-order valence-electron chi connectivity index (χ2n) is 4.81. The Morgan fingerprint density at radius 1 is 1.53 bits per heavy atom. The second kappa shape index (κ2) is 7.48. The maximum Gasteiger partial charge on any atom is 0.220 e. The van der Waals surface area contributed by atoms with Crippen molar-refractivity contribution in [2.24, 2.45) is 0 Å². The van der Waals surface area contributed by atoms with Crippen LogP contribution in [0.4, 0.5) is 0 Å². The molecule has 0 spiro atoms. The number of hydrogen-bond acceptors (Lipinski definition) is 3. The fraction of sp³-hybridized carbons (Fsp3) is 0.615. The van der Waals surface area contributed by atoms with E-state index in [0.717, 1.165) is 48.7 Å². The fourth-order valence-electron chi connectivity index (χ4n) is 2.26. The van der Waals surface area contributed by atoms with E-state index >= 15 is 0 Å². The second-order valence-corrected chi connectivity index (χ2v) is 7.10. The van der Waals surface area contributed by atoms with E-state index < -0.39 is 0 Å². The molecule has 6 heteroatoms. The highest BCUT2D eigenvalue weighted by Gasteiger charge is 2.15. The van der Waals surface area contributed by atoms with E-state index in [4.69, 9.17) is 23.2 Å². The van der Waals surface area contributed by atoms with Crippen LogP contribution in [-0.2, 0) is 11.2 Å². The van der Waals surface area contributed by atoms with E-state index in [9.17, 15) is 4.79 Å². The maximum atomic E-state index is 11.8. The van der Waals surface area contributed by atoms with Crippen LogP contribution in [0, 0.1) is 0 Å². The van der Waals surface area contributed by atoms with Crippen LogP contribution in [0.2, 0.25) is 8.67 Å². The summed E-state index contributed by atoms with van der Waals surface area (Å²) in [6.45, 7) is 1.95. The number of rotatable bonds is 5. The van der Waals surface area contributed by atoms with Crippen molar-refractivity contribution < 1.29 is 4.79 Å². The maximum absolute atomic E-state index is 11.8. The normalized spacial score (nSPS) is 19.4. The van der Waals surface area contributed by atoms with Crippen LogP contribution in [0.15, 0.2) is 6.07 Å². The summed E-state index contributed by atoms with van der Waals surface area (Å²) in [6.07, 6.45) is 4.36. The van der Waals surface area contributed by atoms with Gasteiger partial charge in [-0.05, 0) is 43.9 Å². The molecule has 1 fully saturated rings. The number of aryl methyl sites for hydroxylation is 1. The van der Waals surface area contributed by atoms with Crippen molar-refractivity contribution in [3.05, 3.63) is 20.3 Å². The number of carbonyl (C=O) groups is 1. The molecule has 0 aliphatic carbocycles. The predicted octanol–water partition coefficient (Wildman–Crippen LogP) is 3.25. The summed E-state index contributed by atoms with van der Waals surface area (Å²) < 4.78 is 1.44. The number of thiophene rings is 1. The van der Waals surface area contributed by atoms with Crippen LogP contribution in [-0.4, -0.2) is 25.0 Å². The summed E-state index contributed by atoms with van der Waals surface area (Å²) in [6, 6.07) is 2.18. The Hall–Kier alpha value is -0.290. The van der Waals surface area contributed by atoms with Crippen molar-refractivity contribution in [3.63, 3.8) is 0 Å². The van der Waals surface area contributed by atoms with Gasteiger partial charge in [0, 0.05) is 19.0 Å². The van der Waals surface area contributed by atoms with Crippen LogP contribution in [0.5, 0.6) is 0 Å². The van der Waals surface area contributed by atoms with Gasteiger partial charge in [0.1, 0.15) is 0 Å². The molecule has 1 unspecified atom stereocenters. The number of piperidine rings is 1. The Morgan fingerprint density at radius 2 is 2.37 bits per heavy atom. The summed E-state index contributed by atoms with van der Waals surface area (Å²) >= 11 is 13.3. The van der Waals surface area contributed by atoms with Crippen LogP contribution in [0.25, 0.3) is 0 Å². The van der Waals surface area contributed by atoms with E-state index in [1.54, 1.807) is 0 Å². The van der Waals surface area contributed by atoms with Crippen LogP contribution in [0.3, 0.4) is 0 Å². The molecule has 1 atom stereocenters. The first-order valence-corrected chi connectivity index (χ1v) is 8.16. The zero-order chi connectivity index (χ0) is 13.7. The molecule has 0 aromatic carbocycles. The van der Waals surface area contributed by atoms with Gasteiger partial charge in [0.15, 0.2) is 0 Å². The molecule has 1 saturated heterocycles. The van der Waals surface area contributed by atoms with E-state index in [2.05, 4.69) is 10.6 Å². The summed E-state index contributed by atoms with van der Waals surface area (Å²) in [7, 11) is 0. The molecular weight excluding hydrogens is 303 g/mol. The number of halogens is 2. The molecular formula is C13H18Cl2N2OS. The van der Waals surface area contributed by atoms with E-state index in [-0.39, 0.29) is 5.91 Å². The topological polar surface area (TPSA) is 41.1 Å². The summed E-state index contributed by atoms with van der Waals surface area (Å²) in [5, 5.41) is 6.35. The first kappa shape index (κ1) is 15.1. The molecule has 19 heavy (non-hydrogen) atoms. The van der Waals surface area contributed by atoms with Crippen LogP contribution < -0.4 is 10.6 Å². The van der Waals surface area contributed by atoms with Gasteiger partial charge in [0.05, 0.1) is 8.67 Å². The first-order chi connectivity index (χ1) is 9.15. The average molecular weight is 321 g/mol. The highest BCUT2D eigenvalue weighted by molar-refractivity contribution is 7.20. The molecule has 2 rings (SSSR count). The quantitative estimate of drug-likeness (QED) is 0.874. The SMILES string of the molecule is O=C(CCCc1cc(Cl)sc1Cl)NC1CCCNC1. The summed E-state index contributed by atoms with van der Waals surface area (Å²) in [5.41, 5.74) is 1.05. The lowest BCUT2D eigenvalue weighted by atomic mass is 10.1. The zero-order valence-electron chi connectivity index (χ0n) is 10.7. The van der Waals surface area contributed by atoms with E-state index in [1.165, 1.54) is 11.3 Å². The highest BCUT2D eigenvalue weighted by Crippen LogP contribution is 2.31. The highest BCUT2D eigenvalue weighted by atomic mass is 35.5. The Kier molecular flexibility index (Phi) is 5.95. The van der Waals surface area contributed by atoms with Gasteiger partial charge in [0.25, 0.3) is 0 Å². The number of nitrogens with one attached hydrogen (secondary N) is 2. The lowest BCUT2D eigenvalue weighted by molar-refractivity contribution is -0.122. The Labute approximate surface area is 127 Å². The fourth-order valence-corrected chi connectivity index (χ4v) is 3.80. The van der Waals surface area contributed by atoms with Gasteiger partial charge < -0.3 is 10.6 Å². The van der Waals surface area contributed by atoms with Crippen LogP contribution >= 0.6 is 34.5 Å². The Balaban J connectivity index is 1.67. The largest absolute Gasteiger partial charge is 0.352 e. The predicted molar refractivity (Wildman–Crippen MR) is 81.3 cm³/mol. The van der Waals surface area contributed by atoms with E-state index in [1.807, 2.05) is 6.07 Å². The van der Waals surface area contributed by atoms with Crippen molar-refractivity contribution in [2.45, 2.75) is 38.1 Å². The molecule has 0 bridgehead atoms. The lowest BCUT2D eigenvalue weighted by Gasteiger charge is -2.23. The molecule has 2 heterocycles. The van der Waals surface area contributed by atoms with Gasteiger partial charge in [-0.25, -0.2) is 0 Å². The monoisotopic (exact) mass is 320 g/mol. The molecule has 1 aliphatic heterocycles. The third-order valence-electron chi connectivity index (χ3n) is 3.24. The third-order valence-corrected chi connectivity index (χ3v) is 4.81. The zero-order valence-corrected chi connectivity index (χ0v) is 13.0. The molecule has 0 saturated carbocycles. The van der Waals surface area contributed by atoms with Crippen molar-refractivity contribution in [1.82, 2.24) is 10.6 Å². The number of amides is 1. The molecule has 2 N–H and O–H groups in total. The van der Waals surface area contributed by atoms with Crippen molar-refractivity contribution >= 4 is 40.4 Å². The van der Waals surface area contributed by atoms with Gasteiger partial charge >= 0.3 is 0 Å². The number of hydrogen-bond donors (Lipinski definition) is 2. The molecule has 1 amide bonds. The Bertz CT molecular complexity index is 430. The molecule has 0 radical (unpaired) electrons. The molecule has 3 nitrogen and oxygen atoms in total. The smallest absolute Gasteiger partial charge is 0.220 e. The van der Waals surface area contributed by atoms with Crippen molar-refractivity contribution in [1.29, 1.82) is 0 Å². The van der Waals surface area contributed by atoms with Crippen LogP contribution in [0.1, 0.15) is 31.2 Å². The lowest BCUT2D eigenvalue weighted by Crippen LogP contribution is -2.45. The molecule has 1 aromatic heterocycles. The summed E-state index contributed by atoms with van der Waals surface area (Å²) in [5.74, 6) is 0.131. The first-order valence-electron chi connectivity index (χ1n) is 6.59. The van der Waals surface area contributed by atoms with Gasteiger partial charge in [-0.1, -0.05) is 23.2 Å². The summed E-state index contributed by atoms with van der Waals surface area (Å²) in [4.78, 5) is 11.8. The number of carbonyl (C=O) groups excluding carboxylic acids is 1. The minimum Gasteiger partial charge on any atom is -0.352 e. The third kappa shape index (κ3) is 4.95. The van der Waals surface area contributed by atoms with Gasteiger partial charge in [0.2, 0.25) is 5.91 Å². The van der Waals surface area contributed by atoms with Crippen molar-refractivity contribution in [2.75, 3.05) is 13.1 Å². The minimum absolute atomic E-state index is 0.131. The van der Waals surface area contributed by atoms with E-state index in [0.29, 0.717) is 16.8 Å². The van der Waals surface area contributed by atoms with Crippen molar-refractivity contribution in [3.8, 4) is 0 Å². The Morgan fingerprint density at radius 3 is 3.00 bits per heavy atom. The average Bonchev–Trinajstić information content (AvgIpc) is 2.69. The van der Waals surface area contributed by atoms with Gasteiger partial charge in [-0.2, -0.15) is 0 Å². The standard InChI is InChI=1S/C13H18Cl2N2OS/c14-11-7-9(13(15)19-11)3-1-5-12(18)17-10-4-2-6-16-8-10/h7,10,16H,1-6,8H2,(H,17,18).